The Balaban J connectivity index is 1.21. The van der Waals surface area contributed by atoms with Crippen LogP contribution in [0.5, 0.6) is 0 Å². The highest BCUT2D eigenvalue weighted by molar-refractivity contribution is 8.00. The minimum atomic E-state index is -0.701. The van der Waals surface area contributed by atoms with Gasteiger partial charge in [0.05, 0.1) is 11.4 Å². The van der Waals surface area contributed by atoms with Gasteiger partial charge in [-0.3, -0.25) is 23.9 Å². The van der Waals surface area contributed by atoms with Crippen LogP contribution in [-0.2, 0) is 16.6 Å². The lowest BCUT2D eigenvalue weighted by Gasteiger charge is -2.17. The molecule has 5 aromatic carbocycles. The summed E-state index contributed by atoms with van der Waals surface area (Å²) in [5.74, 6) is -1.32. The van der Waals surface area contributed by atoms with E-state index in [1.165, 1.54) is 16.4 Å². The maximum atomic E-state index is 13.9. The first-order valence-corrected chi connectivity index (χ1v) is 17.6. The zero-order valence-electron chi connectivity index (χ0n) is 28.2. The van der Waals surface area contributed by atoms with Gasteiger partial charge in [0.2, 0.25) is 5.91 Å². The predicted octanol–water partition coefficient (Wildman–Crippen LogP) is 8.02. The zero-order valence-corrected chi connectivity index (χ0v) is 29.8. The number of benzene rings is 5. The quantitative estimate of drug-likeness (QED) is 0.0924. The van der Waals surface area contributed by atoms with Crippen molar-refractivity contribution in [1.82, 2.24) is 14.7 Å². The number of carbonyl (C=O) groups excluding carboxylic acids is 3. The topological polar surface area (TPSA) is 114 Å². The summed E-state index contributed by atoms with van der Waals surface area (Å²) < 4.78 is 3.24. The second kappa shape index (κ2) is 16.3. The number of nitrogens with zero attached hydrogens (tertiary/aromatic N) is 2. The molecule has 6 rings (SSSR count). The van der Waals surface area contributed by atoms with E-state index in [0.29, 0.717) is 33.2 Å². The van der Waals surface area contributed by atoms with E-state index < -0.39 is 17.1 Å². The van der Waals surface area contributed by atoms with E-state index in [2.05, 4.69) is 16.0 Å². The molecule has 1 unspecified atom stereocenters. The van der Waals surface area contributed by atoms with Crippen LogP contribution in [0.25, 0.3) is 11.8 Å². The van der Waals surface area contributed by atoms with Crippen molar-refractivity contribution in [3.05, 3.63) is 183 Å². The Bertz CT molecular complexity index is 2290. The van der Waals surface area contributed by atoms with Crippen molar-refractivity contribution in [3.8, 4) is 5.69 Å². The van der Waals surface area contributed by atoms with Crippen molar-refractivity contribution in [2.45, 2.75) is 17.1 Å². The second-order valence-corrected chi connectivity index (χ2v) is 13.4. The first-order valence-electron chi connectivity index (χ1n) is 16.3. The van der Waals surface area contributed by atoms with Crippen LogP contribution >= 0.6 is 23.4 Å². The third-order valence-corrected chi connectivity index (χ3v) is 9.74. The van der Waals surface area contributed by atoms with E-state index in [-0.39, 0.29) is 22.9 Å². The summed E-state index contributed by atoms with van der Waals surface area (Å²) in [6.07, 6.45) is 1.57. The highest BCUT2D eigenvalue weighted by Crippen LogP contribution is 2.37. The number of para-hydroxylation sites is 1. The highest BCUT2D eigenvalue weighted by Gasteiger charge is 2.26. The van der Waals surface area contributed by atoms with Gasteiger partial charge in [-0.1, -0.05) is 90.5 Å². The number of anilines is 2. The van der Waals surface area contributed by atoms with Gasteiger partial charge in [0.1, 0.15) is 16.6 Å². The highest BCUT2D eigenvalue weighted by atomic mass is 35.5. The van der Waals surface area contributed by atoms with Gasteiger partial charge in [-0.25, -0.2) is 4.68 Å². The number of amides is 3. The molecule has 6 aromatic rings. The average molecular weight is 728 g/mol. The summed E-state index contributed by atoms with van der Waals surface area (Å²) in [7, 11) is 1.77. The summed E-state index contributed by atoms with van der Waals surface area (Å²) in [5.41, 5.74) is 3.52. The number of halogens is 1. The van der Waals surface area contributed by atoms with Gasteiger partial charge < -0.3 is 16.0 Å². The lowest BCUT2D eigenvalue weighted by atomic mass is 10.1. The maximum Gasteiger partial charge on any atom is 0.295 e. The van der Waals surface area contributed by atoms with Crippen molar-refractivity contribution in [2.24, 2.45) is 7.05 Å². The molecule has 0 aliphatic carbocycles. The van der Waals surface area contributed by atoms with E-state index in [1.54, 1.807) is 104 Å². The van der Waals surface area contributed by atoms with Crippen molar-refractivity contribution in [2.75, 3.05) is 10.6 Å². The smallest absolute Gasteiger partial charge is 0.295 e. The van der Waals surface area contributed by atoms with E-state index in [9.17, 15) is 19.2 Å². The molecular formula is C41H34ClN5O4S. The number of thioether (sulfide) groups is 1. The van der Waals surface area contributed by atoms with Crippen molar-refractivity contribution < 1.29 is 14.4 Å². The molecule has 260 valence electrons. The van der Waals surface area contributed by atoms with Gasteiger partial charge in [0.15, 0.2) is 0 Å². The van der Waals surface area contributed by atoms with Crippen molar-refractivity contribution >= 4 is 58.5 Å². The zero-order chi connectivity index (χ0) is 36.6. The molecule has 1 heterocycles. The van der Waals surface area contributed by atoms with Gasteiger partial charge in [-0.15, -0.1) is 11.8 Å². The monoisotopic (exact) mass is 727 g/mol. The average Bonchev–Trinajstić information content (AvgIpc) is 3.38. The van der Waals surface area contributed by atoms with E-state index in [4.69, 9.17) is 11.6 Å². The van der Waals surface area contributed by atoms with Crippen LogP contribution in [0.15, 0.2) is 155 Å². The van der Waals surface area contributed by atoms with Crippen molar-refractivity contribution in [1.29, 1.82) is 0 Å². The number of carbonyl (C=O) groups is 3. The summed E-state index contributed by atoms with van der Waals surface area (Å²) in [6, 6.07) is 41.1. The van der Waals surface area contributed by atoms with Crippen LogP contribution in [0, 0.1) is 6.92 Å². The molecule has 11 heteroatoms. The molecule has 0 radical (unpaired) electrons. The van der Waals surface area contributed by atoms with Gasteiger partial charge in [-0.05, 0) is 84.8 Å². The third-order valence-electron chi connectivity index (χ3n) is 8.22. The summed E-state index contributed by atoms with van der Waals surface area (Å²) >= 11 is 7.36. The summed E-state index contributed by atoms with van der Waals surface area (Å²) in [4.78, 5) is 54.8. The van der Waals surface area contributed by atoms with Gasteiger partial charge >= 0.3 is 0 Å². The van der Waals surface area contributed by atoms with Gasteiger partial charge in [0.25, 0.3) is 17.4 Å². The number of nitrogens with one attached hydrogen (secondary N) is 3. The van der Waals surface area contributed by atoms with Crippen LogP contribution in [0.2, 0.25) is 5.02 Å². The Morgan fingerprint density at radius 1 is 0.750 bits per heavy atom. The van der Waals surface area contributed by atoms with Crippen molar-refractivity contribution in [3.63, 3.8) is 0 Å². The molecule has 0 aliphatic heterocycles. The van der Waals surface area contributed by atoms with Gasteiger partial charge in [-0.2, -0.15) is 0 Å². The van der Waals surface area contributed by atoms with Crippen LogP contribution in [0.4, 0.5) is 11.4 Å². The lowest BCUT2D eigenvalue weighted by Crippen LogP contribution is -2.30. The standard InChI is InChI=1S/C41H34ClN5O4S/c1-27-36(41(51)47(46(27)2)33-16-10-5-11-17-33)45-40(50)37(29-12-6-3-7-13-29)52-34-24-22-32(23-25-34)43-39(49)35(26-28-18-20-31(42)21-19-28)44-38(48)30-14-8-4-9-15-30/h3-26,37H,1-2H3,(H,43,49)(H,44,48)(H,45,50)/b35-26-. The molecule has 52 heavy (non-hydrogen) atoms. The summed E-state index contributed by atoms with van der Waals surface area (Å²) in [6.45, 7) is 1.79. The first kappa shape index (κ1) is 35.7. The van der Waals surface area contributed by atoms with Gasteiger partial charge in [0, 0.05) is 28.2 Å². The Labute approximate surface area is 309 Å². The number of aromatic nitrogens is 2. The van der Waals surface area contributed by atoms with E-state index in [1.807, 2.05) is 60.7 Å². The van der Waals surface area contributed by atoms with E-state index >= 15 is 0 Å². The molecule has 0 bridgehead atoms. The fourth-order valence-electron chi connectivity index (χ4n) is 5.42. The first-order chi connectivity index (χ1) is 25.2. The fourth-order valence-corrected chi connectivity index (χ4v) is 6.57. The molecule has 0 aliphatic rings. The Hall–Kier alpha value is -6.10. The minimum absolute atomic E-state index is 0.0398. The predicted molar refractivity (Wildman–Crippen MR) is 208 cm³/mol. The number of hydrogen-bond acceptors (Lipinski definition) is 5. The number of rotatable bonds is 11. The Kier molecular flexibility index (Phi) is 11.2. The normalized spacial score (nSPS) is 11.8. The van der Waals surface area contributed by atoms with Crippen LogP contribution in [-0.4, -0.2) is 27.1 Å². The van der Waals surface area contributed by atoms with Crippen LogP contribution in [0.1, 0.15) is 32.4 Å². The minimum Gasteiger partial charge on any atom is -0.321 e. The fraction of sp³-hybridized carbons (Fsp3) is 0.0732. The Morgan fingerprint density at radius 2 is 1.35 bits per heavy atom. The molecule has 3 amide bonds. The second-order valence-electron chi connectivity index (χ2n) is 11.7. The summed E-state index contributed by atoms with van der Waals surface area (Å²) in [5, 5.41) is 8.34. The molecule has 0 saturated heterocycles. The maximum absolute atomic E-state index is 13.9. The van der Waals surface area contributed by atoms with E-state index in [0.717, 1.165) is 10.5 Å². The van der Waals surface area contributed by atoms with Crippen LogP contribution < -0.4 is 21.5 Å². The lowest BCUT2D eigenvalue weighted by molar-refractivity contribution is -0.116. The molecule has 0 fully saturated rings. The Morgan fingerprint density at radius 3 is 1.98 bits per heavy atom. The largest absolute Gasteiger partial charge is 0.321 e. The molecule has 0 saturated carbocycles. The molecule has 9 nitrogen and oxygen atoms in total. The molecule has 3 N–H and O–H groups in total. The SMILES string of the molecule is Cc1c(NC(=O)C(Sc2ccc(NC(=O)/C(=C/c3ccc(Cl)cc3)NC(=O)c3ccccc3)cc2)c2ccccc2)c(=O)n(-c2ccccc2)n1C. The molecule has 1 aromatic heterocycles. The molecule has 1 atom stereocenters. The molecule has 0 spiro atoms. The molecular weight excluding hydrogens is 694 g/mol. The number of hydrogen-bond donors (Lipinski definition) is 3. The third kappa shape index (κ3) is 8.43. The van der Waals surface area contributed by atoms with Crippen LogP contribution in [0.3, 0.4) is 0 Å².